The molecular formula is C54H104N6OS2. The van der Waals surface area contributed by atoms with Crippen molar-refractivity contribution in [2.24, 2.45) is 0 Å². The van der Waals surface area contributed by atoms with E-state index in [4.69, 9.17) is 4.74 Å². The lowest BCUT2D eigenvalue weighted by Crippen LogP contribution is -2.33. The van der Waals surface area contributed by atoms with Crippen LogP contribution in [0.15, 0.2) is 12.1 Å². The van der Waals surface area contributed by atoms with Gasteiger partial charge in [-0.15, -0.1) is 22.7 Å². The summed E-state index contributed by atoms with van der Waals surface area (Å²) < 4.78 is 6.33. The van der Waals surface area contributed by atoms with Gasteiger partial charge in [-0.05, 0) is 201 Å². The fraction of sp³-hybridized carbons (Fsp3) is 0.852. The molecule has 7 nitrogen and oxygen atoms in total. The maximum atomic E-state index is 6.33. The van der Waals surface area contributed by atoms with Crippen LogP contribution in [-0.4, -0.2) is 164 Å². The van der Waals surface area contributed by atoms with Crippen molar-refractivity contribution in [3.8, 4) is 9.75 Å². The Kier molecular flexibility index (Phi) is 28.2. The fourth-order valence-electron chi connectivity index (χ4n) is 9.06. The molecule has 2 aromatic heterocycles. The number of thiophene rings is 2. The van der Waals surface area contributed by atoms with Crippen molar-refractivity contribution < 1.29 is 4.74 Å². The molecule has 0 amide bonds. The van der Waals surface area contributed by atoms with Crippen molar-refractivity contribution in [1.82, 2.24) is 29.4 Å². The van der Waals surface area contributed by atoms with Crippen LogP contribution in [0.5, 0.6) is 0 Å². The van der Waals surface area contributed by atoms with Gasteiger partial charge in [-0.1, -0.05) is 100 Å². The summed E-state index contributed by atoms with van der Waals surface area (Å²) >= 11 is 4.21. The van der Waals surface area contributed by atoms with E-state index in [9.17, 15) is 0 Å². The number of rotatable bonds is 34. The van der Waals surface area contributed by atoms with Gasteiger partial charge in [0.15, 0.2) is 0 Å². The second-order valence-corrected chi connectivity index (χ2v) is 24.0. The molecule has 0 N–H and O–H groups in total. The molecular weight excluding hydrogens is 813 g/mol. The minimum Gasteiger partial charge on any atom is -0.380 e. The number of ether oxygens (including phenoxy) is 1. The summed E-state index contributed by atoms with van der Waals surface area (Å²) in [5.41, 5.74) is 3.83. The van der Waals surface area contributed by atoms with E-state index in [0.717, 1.165) is 52.4 Å². The van der Waals surface area contributed by atoms with Gasteiger partial charge in [-0.25, -0.2) is 0 Å². The Morgan fingerprint density at radius 3 is 1.13 bits per heavy atom. The molecule has 0 bridgehead atoms. The van der Waals surface area contributed by atoms with E-state index in [-0.39, 0.29) is 16.2 Å². The van der Waals surface area contributed by atoms with E-state index in [1.165, 1.54) is 123 Å². The van der Waals surface area contributed by atoms with Gasteiger partial charge in [0.1, 0.15) is 0 Å². The van der Waals surface area contributed by atoms with Gasteiger partial charge in [0, 0.05) is 38.1 Å². The molecule has 0 aliphatic heterocycles. The maximum absolute atomic E-state index is 6.33. The third kappa shape index (κ3) is 21.7. The van der Waals surface area contributed by atoms with E-state index in [2.05, 4.69) is 162 Å². The van der Waals surface area contributed by atoms with Crippen LogP contribution in [0.4, 0.5) is 0 Å². The molecule has 3 rings (SSSR count). The van der Waals surface area contributed by atoms with E-state index < -0.39 is 0 Å². The first kappa shape index (κ1) is 58.2. The van der Waals surface area contributed by atoms with Crippen molar-refractivity contribution in [3.05, 3.63) is 33.0 Å². The zero-order valence-corrected chi connectivity index (χ0v) is 46.3. The summed E-state index contributed by atoms with van der Waals surface area (Å²) in [4.78, 5) is 20.9. The molecule has 1 aliphatic carbocycles. The summed E-state index contributed by atoms with van der Waals surface area (Å²) in [5.74, 6) is 0. The highest BCUT2D eigenvalue weighted by molar-refractivity contribution is 7.23. The van der Waals surface area contributed by atoms with Crippen LogP contribution in [0.1, 0.15) is 173 Å². The lowest BCUT2D eigenvalue weighted by atomic mass is 9.70. The molecule has 368 valence electrons. The largest absolute Gasteiger partial charge is 0.380 e. The Labute approximate surface area is 400 Å². The molecule has 63 heavy (non-hydrogen) atoms. The number of hydrogen-bond donors (Lipinski definition) is 0. The molecule has 0 saturated carbocycles. The molecule has 0 spiro atoms. The molecule has 2 heterocycles. The van der Waals surface area contributed by atoms with E-state index in [0.29, 0.717) is 0 Å². The second-order valence-electron chi connectivity index (χ2n) is 21.9. The molecule has 2 aromatic rings. The average Bonchev–Trinajstić information content (AvgIpc) is 3.90. The van der Waals surface area contributed by atoms with E-state index in [1.807, 2.05) is 13.8 Å². The van der Waals surface area contributed by atoms with Gasteiger partial charge in [-0.2, -0.15) is 0 Å². The first-order chi connectivity index (χ1) is 29.8. The summed E-state index contributed by atoms with van der Waals surface area (Å²) in [7, 11) is 17.5. The van der Waals surface area contributed by atoms with Crippen LogP contribution in [0, 0.1) is 0 Å². The highest BCUT2D eigenvalue weighted by atomic mass is 32.1. The molecule has 0 aromatic carbocycles. The Hall–Kier alpha value is -0.880. The van der Waals surface area contributed by atoms with Crippen LogP contribution in [-0.2, 0) is 21.0 Å². The number of unbranched alkanes of at least 4 members (excludes halogenated alkanes) is 7. The smallest absolute Gasteiger partial charge is 0.0593 e. The lowest BCUT2D eigenvalue weighted by molar-refractivity contribution is 0.0977. The Morgan fingerprint density at radius 2 is 0.746 bits per heavy atom. The maximum Gasteiger partial charge on any atom is 0.0593 e. The third-order valence-corrected chi connectivity index (χ3v) is 16.1. The summed E-state index contributed by atoms with van der Waals surface area (Å²) in [6.07, 6.45) is 19.3. The van der Waals surface area contributed by atoms with Crippen molar-refractivity contribution in [2.75, 3.05) is 135 Å². The van der Waals surface area contributed by atoms with Gasteiger partial charge in [0.2, 0.25) is 0 Å². The topological polar surface area (TPSA) is 28.7 Å². The van der Waals surface area contributed by atoms with E-state index >= 15 is 0 Å². The van der Waals surface area contributed by atoms with Gasteiger partial charge in [-0.3, -0.25) is 0 Å². The Bertz CT molecular complexity index is 1310. The predicted octanol–water partition coefficient (Wildman–Crippen LogP) is 12.4. The average molecular weight is 918 g/mol. The molecule has 0 radical (unpaired) electrons. The Morgan fingerprint density at radius 1 is 0.413 bits per heavy atom. The quantitative estimate of drug-likeness (QED) is 0.0646. The van der Waals surface area contributed by atoms with E-state index in [1.54, 1.807) is 30.6 Å². The van der Waals surface area contributed by atoms with Crippen molar-refractivity contribution in [1.29, 1.82) is 0 Å². The summed E-state index contributed by atoms with van der Waals surface area (Å²) in [5, 5.41) is 0. The van der Waals surface area contributed by atoms with Crippen LogP contribution in [0.3, 0.4) is 0 Å². The number of nitrogens with zero attached hydrogens (tertiary/aromatic N) is 6. The minimum atomic E-state index is 0.144. The minimum absolute atomic E-state index is 0.144. The zero-order chi connectivity index (χ0) is 47.1. The molecule has 1 aliphatic rings. The first-order valence-corrected chi connectivity index (χ1v) is 27.4. The highest BCUT2D eigenvalue weighted by Gasteiger charge is 2.46. The number of hydrogen-bond acceptors (Lipinski definition) is 9. The van der Waals surface area contributed by atoms with Crippen LogP contribution in [0.2, 0.25) is 0 Å². The van der Waals surface area contributed by atoms with Gasteiger partial charge in [0.05, 0.1) is 6.61 Å². The summed E-state index contributed by atoms with van der Waals surface area (Å²) in [6.45, 7) is 31.9. The van der Waals surface area contributed by atoms with Crippen molar-refractivity contribution in [2.45, 2.75) is 168 Å². The molecule has 9 heteroatoms. The van der Waals surface area contributed by atoms with Crippen molar-refractivity contribution >= 4 is 22.7 Å². The van der Waals surface area contributed by atoms with Crippen LogP contribution < -0.4 is 0 Å². The monoisotopic (exact) mass is 917 g/mol. The molecule has 0 unspecified atom stereocenters. The number of fused-ring (bicyclic) bond motifs is 3. The van der Waals surface area contributed by atoms with Crippen LogP contribution >= 0.6 is 22.7 Å². The molecule has 0 saturated heterocycles. The summed E-state index contributed by atoms with van der Waals surface area (Å²) in [6, 6.07) is 5.33. The van der Waals surface area contributed by atoms with Crippen molar-refractivity contribution in [3.63, 3.8) is 0 Å². The standard InChI is InChI=1S/C52H98N6OS2.C2H6/c1-50(2,3)46-42-44-48(60-46)49-45(43-47(61-49)51(4,5)6)52(44,28-20-17-15-16-18-22-34-57(35-24-30-53(7)8)36-25-31-54(9)10)29-21-19-23-40-59-41-39-58(37-26-32-55(11)12)38-27-33-56(13)14;1-2/h42-43H,15-41H2,1-14H3;1-2H3. The van der Waals surface area contributed by atoms with Gasteiger partial charge < -0.3 is 34.1 Å². The molecule has 0 fully saturated rings. The Balaban J connectivity index is 0.00000672. The van der Waals surface area contributed by atoms with Gasteiger partial charge in [0.25, 0.3) is 0 Å². The third-order valence-electron chi connectivity index (χ3n) is 12.8. The fourth-order valence-corrected chi connectivity index (χ4v) is 11.9. The highest BCUT2D eigenvalue weighted by Crippen LogP contribution is 2.61. The normalized spacial score (nSPS) is 13.9. The SMILES string of the molecule is CC.CN(C)CCCN(CCCCCCCCC1(CCCCCOCCN(CCCN(C)C)CCCN(C)C)c2cc(C(C)(C)C)sc2-c2sc(C(C)(C)C)cc21)CCCN(C)C. The lowest BCUT2D eigenvalue weighted by Gasteiger charge is -2.32. The molecule has 0 atom stereocenters. The second kappa shape index (κ2) is 30.5. The van der Waals surface area contributed by atoms with Gasteiger partial charge >= 0.3 is 0 Å². The van der Waals surface area contributed by atoms with Crippen LogP contribution in [0.25, 0.3) is 9.75 Å². The zero-order valence-electron chi connectivity index (χ0n) is 44.7. The first-order valence-electron chi connectivity index (χ1n) is 25.7. The predicted molar refractivity (Wildman–Crippen MR) is 284 cm³/mol.